The molecule has 1 atom stereocenters. The average Bonchev–Trinajstić information content (AvgIpc) is 2.96. The van der Waals surface area contributed by atoms with Gasteiger partial charge in [0.15, 0.2) is 0 Å². The first-order chi connectivity index (χ1) is 11.1. The SMILES string of the molecule is Cc1ncsc1-c1ccc(CCCCC(=O)CC[C@H](C)O)cc1. The van der Waals surface area contributed by atoms with Crippen LogP contribution in [0.15, 0.2) is 29.8 Å². The topological polar surface area (TPSA) is 50.2 Å². The lowest BCUT2D eigenvalue weighted by Gasteiger charge is -2.05. The van der Waals surface area contributed by atoms with Gasteiger partial charge in [-0.2, -0.15) is 0 Å². The van der Waals surface area contributed by atoms with Gasteiger partial charge in [-0.1, -0.05) is 24.3 Å². The Morgan fingerprint density at radius 3 is 2.57 bits per heavy atom. The molecule has 0 aliphatic carbocycles. The van der Waals surface area contributed by atoms with E-state index in [1.54, 1.807) is 18.3 Å². The van der Waals surface area contributed by atoms with Gasteiger partial charge in [-0.05, 0) is 50.7 Å². The summed E-state index contributed by atoms with van der Waals surface area (Å²) in [4.78, 5) is 17.2. The molecule has 0 saturated heterocycles. The van der Waals surface area contributed by atoms with E-state index in [2.05, 4.69) is 29.2 Å². The number of unbranched alkanes of at least 4 members (excludes halogenated alkanes) is 1. The Bertz CT molecular complexity index is 617. The molecule has 23 heavy (non-hydrogen) atoms. The molecule has 2 rings (SSSR count). The molecule has 124 valence electrons. The molecule has 0 aliphatic rings. The highest BCUT2D eigenvalue weighted by atomic mass is 32.1. The largest absolute Gasteiger partial charge is 0.393 e. The first kappa shape index (κ1) is 17.8. The van der Waals surface area contributed by atoms with E-state index in [1.165, 1.54) is 16.0 Å². The summed E-state index contributed by atoms with van der Waals surface area (Å²) >= 11 is 1.67. The quantitative estimate of drug-likeness (QED) is 0.685. The summed E-state index contributed by atoms with van der Waals surface area (Å²) in [5, 5.41) is 9.17. The monoisotopic (exact) mass is 331 g/mol. The molecule has 0 saturated carbocycles. The number of carbonyl (C=O) groups excluding carboxylic acids is 1. The van der Waals surface area contributed by atoms with E-state index in [4.69, 9.17) is 0 Å². The van der Waals surface area contributed by atoms with Crippen LogP contribution in [-0.4, -0.2) is 22.0 Å². The van der Waals surface area contributed by atoms with Gasteiger partial charge in [-0.25, -0.2) is 4.98 Å². The molecular formula is C19H25NO2S. The van der Waals surface area contributed by atoms with Crippen molar-refractivity contribution in [2.24, 2.45) is 0 Å². The number of Topliss-reactive ketones (excluding diaryl/α,β-unsaturated/α-hetero) is 1. The van der Waals surface area contributed by atoms with Crippen LogP contribution < -0.4 is 0 Å². The second-order valence-electron chi connectivity index (χ2n) is 6.10. The highest BCUT2D eigenvalue weighted by Crippen LogP contribution is 2.27. The molecule has 1 heterocycles. The van der Waals surface area contributed by atoms with Crippen molar-refractivity contribution < 1.29 is 9.90 Å². The minimum absolute atomic E-state index is 0.266. The van der Waals surface area contributed by atoms with Crippen molar-refractivity contribution in [3.63, 3.8) is 0 Å². The lowest BCUT2D eigenvalue weighted by molar-refractivity contribution is -0.119. The number of aryl methyl sites for hydroxylation is 2. The van der Waals surface area contributed by atoms with Crippen molar-refractivity contribution in [3.8, 4) is 10.4 Å². The molecule has 0 amide bonds. The molecule has 0 bridgehead atoms. The predicted molar refractivity (Wildman–Crippen MR) is 95.8 cm³/mol. The predicted octanol–water partition coefficient (Wildman–Crippen LogP) is 4.56. The minimum Gasteiger partial charge on any atom is -0.393 e. The van der Waals surface area contributed by atoms with E-state index in [9.17, 15) is 9.90 Å². The van der Waals surface area contributed by atoms with Gasteiger partial charge in [0.25, 0.3) is 0 Å². The lowest BCUT2D eigenvalue weighted by atomic mass is 10.0. The molecule has 0 radical (unpaired) electrons. The van der Waals surface area contributed by atoms with Crippen LogP contribution in [0.3, 0.4) is 0 Å². The smallest absolute Gasteiger partial charge is 0.133 e. The van der Waals surface area contributed by atoms with Crippen LogP contribution in [-0.2, 0) is 11.2 Å². The first-order valence-electron chi connectivity index (χ1n) is 8.25. The Labute approximate surface area is 142 Å². The van der Waals surface area contributed by atoms with Crippen molar-refractivity contribution in [1.82, 2.24) is 4.98 Å². The van der Waals surface area contributed by atoms with Gasteiger partial charge in [0.05, 0.1) is 22.2 Å². The Morgan fingerprint density at radius 1 is 1.22 bits per heavy atom. The van der Waals surface area contributed by atoms with Crippen molar-refractivity contribution in [3.05, 3.63) is 41.0 Å². The molecule has 4 heteroatoms. The van der Waals surface area contributed by atoms with Crippen molar-refractivity contribution in [1.29, 1.82) is 0 Å². The lowest BCUT2D eigenvalue weighted by Crippen LogP contribution is -2.05. The molecule has 0 spiro atoms. The summed E-state index contributed by atoms with van der Waals surface area (Å²) in [5.74, 6) is 0.266. The van der Waals surface area contributed by atoms with E-state index in [1.807, 2.05) is 12.4 Å². The molecule has 0 fully saturated rings. The summed E-state index contributed by atoms with van der Waals surface area (Å²) in [7, 11) is 0. The number of ketones is 1. The Kier molecular flexibility index (Phi) is 6.93. The number of aliphatic hydroxyl groups is 1. The van der Waals surface area contributed by atoms with E-state index in [-0.39, 0.29) is 11.9 Å². The third kappa shape index (κ3) is 5.88. The fourth-order valence-corrected chi connectivity index (χ4v) is 3.36. The molecule has 3 nitrogen and oxygen atoms in total. The average molecular weight is 331 g/mol. The Morgan fingerprint density at radius 2 is 1.96 bits per heavy atom. The number of thiazole rings is 1. The van der Waals surface area contributed by atoms with Gasteiger partial charge in [-0.15, -0.1) is 11.3 Å². The third-order valence-corrected chi connectivity index (χ3v) is 4.95. The van der Waals surface area contributed by atoms with E-state index >= 15 is 0 Å². The van der Waals surface area contributed by atoms with Crippen LogP contribution in [0.5, 0.6) is 0 Å². The van der Waals surface area contributed by atoms with Gasteiger partial charge in [0.2, 0.25) is 0 Å². The van der Waals surface area contributed by atoms with Gasteiger partial charge >= 0.3 is 0 Å². The number of aliphatic hydroxyl groups excluding tert-OH is 1. The second-order valence-corrected chi connectivity index (χ2v) is 6.95. The zero-order chi connectivity index (χ0) is 16.7. The fourth-order valence-electron chi connectivity index (χ4n) is 2.55. The van der Waals surface area contributed by atoms with Gasteiger partial charge in [-0.3, -0.25) is 4.79 Å². The van der Waals surface area contributed by atoms with Gasteiger partial charge < -0.3 is 5.11 Å². The number of hydrogen-bond acceptors (Lipinski definition) is 4. The Balaban J connectivity index is 1.72. The first-order valence-corrected chi connectivity index (χ1v) is 9.13. The van der Waals surface area contributed by atoms with Crippen LogP contribution in [0, 0.1) is 6.92 Å². The van der Waals surface area contributed by atoms with Crippen LogP contribution in [0.2, 0.25) is 0 Å². The second kappa shape index (κ2) is 8.94. The molecule has 1 aromatic carbocycles. The summed E-state index contributed by atoms with van der Waals surface area (Å²) in [6.45, 7) is 3.76. The van der Waals surface area contributed by atoms with Crippen LogP contribution in [0.1, 0.15) is 50.3 Å². The highest BCUT2D eigenvalue weighted by molar-refractivity contribution is 7.13. The maximum Gasteiger partial charge on any atom is 0.133 e. The molecule has 0 unspecified atom stereocenters. The molecule has 2 aromatic rings. The highest BCUT2D eigenvalue weighted by Gasteiger charge is 2.06. The normalized spacial score (nSPS) is 12.3. The van der Waals surface area contributed by atoms with E-state index in [0.717, 1.165) is 25.0 Å². The summed E-state index contributed by atoms with van der Waals surface area (Å²) in [6, 6.07) is 8.65. The molecular weight excluding hydrogens is 306 g/mol. The number of aromatic nitrogens is 1. The van der Waals surface area contributed by atoms with Gasteiger partial charge in [0, 0.05) is 12.8 Å². The number of rotatable bonds is 9. The van der Waals surface area contributed by atoms with Crippen LogP contribution >= 0.6 is 11.3 Å². The number of nitrogens with zero attached hydrogens (tertiary/aromatic N) is 1. The maximum atomic E-state index is 11.7. The molecule has 1 aromatic heterocycles. The van der Waals surface area contributed by atoms with Crippen molar-refractivity contribution >= 4 is 17.1 Å². The van der Waals surface area contributed by atoms with E-state index in [0.29, 0.717) is 19.3 Å². The maximum absolute atomic E-state index is 11.7. The summed E-state index contributed by atoms with van der Waals surface area (Å²) < 4.78 is 0. The van der Waals surface area contributed by atoms with Gasteiger partial charge in [0.1, 0.15) is 5.78 Å². The fraction of sp³-hybridized carbons (Fsp3) is 0.474. The van der Waals surface area contributed by atoms with E-state index < -0.39 is 0 Å². The number of hydrogen-bond donors (Lipinski definition) is 1. The number of benzene rings is 1. The minimum atomic E-state index is -0.375. The van der Waals surface area contributed by atoms with Crippen LogP contribution in [0.4, 0.5) is 0 Å². The third-order valence-electron chi connectivity index (χ3n) is 3.97. The Hall–Kier alpha value is -1.52. The van der Waals surface area contributed by atoms with Crippen molar-refractivity contribution in [2.75, 3.05) is 0 Å². The summed E-state index contributed by atoms with van der Waals surface area (Å²) in [6.07, 6.45) is 4.29. The number of carbonyl (C=O) groups is 1. The molecule has 1 N–H and O–H groups in total. The summed E-state index contributed by atoms with van der Waals surface area (Å²) in [5.41, 5.74) is 5.50. The standard InChI is InChI=1S/C19H25NO2S/c1-14(21)7-12-18(22)6-4-3-5-16-8-10-17(11-9-16)19-15(2)20-13-23-19/h8-11,13-14,21H,3-7,12H2,1-2H3/t14-/m0/s1. The molecule has 0 aliphatic heterocycles. The zero-order valence-corrected chi connectivity index (χ0v) is 14.7. The van der Waals surface area contributed by atoms with Crippen molar-refractivity contribution in [2.45, 2.75) is 58.5 Å². The van der Waals surface area contributed by atoms with Crippen LogP contribution in [0.25, 0.3) is 10.4 Å². The zero-order valence-electron chi connectivity index (χ0n) is 13.9.